The average Bonchev–Trinajstić information content (AvgIpc) is 3.16. The molecule has 1 aliphatic carbocycles. The molecule has 2 heteroatoms. The van der Waals surface area contributed by atoms with Gasteiger partial charge in [0.1, 0.15) is 0 Å². The van der Waals surface area contributed by atoms with Crippen LogP contribution in [0.25, 0.3) is 55.1 Å². The third-order valence-corrected chi connectivity index (χ3v) is 6.53. The molecule has 0 saturated carbocycles. The normalized spacial score (nSPS) is 14.4. The molecule has 0 amide bonds. The largest absolute Gasteiger partial charge is 0.344 e. The van der Waals surface area contributed by atoms with Crippen LogP contribution in [0.2, 0.25) is 0 Å². The first-order valence-corrected chi connectivity index (χ1v) is 9.68. The lowest BCUT2D eigenvalue weighted by molar-refractivity contribution is 0.918. The van der Waals surface area contributed by atoms with Gasteiger partial charge in [-0.3, -0.25) is 0 Å². The maximum absolute atomic E-state index is 2.56. The summed E-state index contributed by atoms with van der Waals surface area (Å²) < 4.78 is 4.92. The van der Waals surface area contributed by atoms with E-state index in [1.54, 1.807) is 0 Å². The Kier molecular flexibility index (Phi) is 2.33. The maximum Gasteiger partial charge on any atom is 0.0638 e. The Morgan fingerprint density at radius 1 is 0.741 bits per heavy atom. The quantitative estimate of drug-likeness (QED) is 0.306. The number of aromatic nitrogens is 2. The van der Waals surface area contributed by atoms with Crippen molar-refractivity contribution in [2.24, 2.45) is 7.05 Å². The molecule has 1 aliphatic rings. The van der Waals surface area contributed by atoms with Gasteiger partial charge in [0.15, 0.2) is 0 Å². The third kappa shape index (κ3) is 1.46. The molecule has 0 bridgehead atoms. The summed E-state index contributed by atoms with van der Waals surface area (Å²) in [5.41, 5.74) is 8.18. The average molecular weight is 346 g/mol. The highest BCUT2D eigenvalue weighted by atomic mass is 15.0. The van der Waals surface area contributed by atoms with Gasteiger partial charge in [0.05, 0.1) is 16.6 Å². The molecule has 7 rings (SSSR count). The number of aryl methyl sites for hydroxylation is 2. The van der Waals surface area contributed by atoms with E-state index in [-0.39, 0.29) is 0 Å². The first-order chi connectivity index (χ1) is 13.3. The molecule has 3 aromatic carbocycles. The molecule has 0 spiro atoms. The minimum absolute atomic E-state index is 1.09. The van der Waals surface area contributed by atoms with E-state index in [9.17, 15) is 0 Å². The van der Waals surface area contributed by atoms with Gasteiger partial charge < -0.3 is 8.97 Å². The second kappa shape index (κ2) is 4.52. The van der Waals surface area contributed by atoms with Crippen molar-refractivity contribution >= 4 is 55.1 Å². The molecule has 27 heavy (non-hydrogen) atoms. The lowest BCUT2D eigenvalue weighted by Crippen LogP contribution is -2.00. The molecule has 0 fully saturated rings. The van der Waals surface area contributed by atoms with Crippen LogP contribution in [0.3, 0.4) is 0 Å². The van der Waals surface area contributed by atoms with E-state index in [4.69, 9.17) is 0 Å². The van der Waals surface area contributed by atoms with Crippen LogP contribution in [0, 0.1) is 0 Å². The molecule has 0 unspecified atom stereocenters. The van der Waals surface area contributed by atoms with Crippen molar-refractivity contribution in [3.8, 4) is 0 Å². The van der Waals surface area contributed by atoms with Crippen LogP contribution in [0.15, 0.2) is 60.7 Å². The molecule has 0 aliphatic heterocycles. The number of benzene rings is 3. The smallest absolute Gasteiger partial charge is 0.0638 e. The predicted octanol–water partition coefficient (Wildman–Crippen LogP) is 6.29. The van der Waals surface area contributed by atoms with Crippen LogP contribution in [0.5, 0.6) is 0 Å². The van der Waals surface area contributed by atoms with E-state index in [2.05, 4.69) is 82.8 Å². The topological polar surface area (TPSA) is 9.34 Å². The van der Waals surface area contributed by atoms with Crippen molar-refractivity contribution in [1.29, 1.82) is 0 Å². The Hall–Kier alpha value is -3.26. The Labute approximate surface area is 156 Å². The highest BCUT2D eigenvalue weighted by Crippen LogP contribution is 2.44. The van der Waals surface area contributed by atoms with E-state index in [0.717, 1.165) is 12.8 Å². The first-order valence-electron chi connectivity index (χ1n) is 9.68. The van der Waals surface area contributed by atoms with Gasteiger partial charge in [0, 0.05) is 45.4 Å². The standard InChI is InChI=1S/C25H18N2/c1-26-21-12-6-9-17-15-7-2-4-10-19(15)27-20-11-5-3-8-16(20)18-13-14-22(26)24(23(17)21)25(18)27/h2-3,5-9,11-14H,4,10H2,1H3. The Balaban J connectivity index is 2.01. The van der Waals surface area contributed by atoms with Crippen molar-refractivity contribution in [3.63, 3.8) is 0 Å². The molecule has 0 N–H and O–H groups in total. The van der Waals surface area contributed by atoms with Crippen LogP contribution in [0.1, 0.15) is 17.7 Å². The lowest BCUT2D eigenvalue weighted by Gasteiger charge is -2.13. The fraction of sp³-hybridized carbons (Fsp3) is 0.120. The van der Waals surface area contributed by atoms with Crippen molar-refractivity contribution in [2.75, 3.05) is 0 Å². The monoisotopic (exact) mass is 346 g/mol. The number of hydrogen-bond acceptors (Lipinski definition) is 0. The molecular formula is C25H18N2. The first kappa shape index (κ1) is 13.9. The molecule has 3 aromatic heterocycles. The van der Waals surface area contributed by atoms with Gasteiger partial charge in [0.25, 0.3) is 0 Å². The summed E-state index contributed by atoms with van der Waals surface area (Å²) in [7, 11) is 2.20. The number of fused-ring (bicyclic) bond motifs is 6. The van der Waals surface area contributed by atoms with Crippen LogP contribution in [-0.4, -0.2) is 8.97 Å². The van der Waals surface area contributed by atoms with E-state index in [1.807, 2.05) is 0 Å². The van der Waals surface area contributed by atoms with Crippen LogP contribution in [0.4, 0.5) is 0 Å². The second-order valence-corrected chi connectivity index (χ2v) is 7.77. The highest BCUT2D eigenvalue weighted by molar-refractivity contribution is 6.29. The second-order valence-electron chi connectivity index (χ2n) is 7.77. The Bertz CT molecular complexity index is 1570. The molecule has 6 aromatic rings. The van der Waals surface area contributed by atoms with Crippen molar-refractivity contribution < 1.29 is 0 Å². The maximum atomic E-state index is 2.56. The SMILES string of the molecule is Cn1c2cccc3c4c(n5c6ccccc6c6ccc1c(c32)c65)CCC=C4. The number of para-hydroxylation sites is 1. The highest BCUT2D eigenvalue weighted by Gasteiger charge is 2.23. The lowest BCUT2D eigenvalue weighted by atomic mass is 9.98. The number of rotatable bonds is 0. The number of allylic oxidation sites excluding steroid dienone is 1. The summed E-state index contributed by atoms with van der Waals surface area (Å²) in [6.07, 6.45) is 6.87. The third-order valence-electron chi connectivity index (χ3n) is 6.53. The zero-order valence-corrected chi connectivity index (χ0v) is 15.2. The van der Waals surface area contributed by atoms with Crippen LogP contribution >= 0.6 is 0 Å². The van der Waals surface area contributed by atoms with Crippen LogP contribution < -0.4 is 0 Å². The van der Waals surface area contributed by atoms with Crippen LogP contribution in [-0.2, 0) is 13.5 Å². The van der Waals surface area contributed by atoms with Crippen molar-refractivity contribution in [2.45, 2.75) is 12.8 Å². The number of hydrogen-bond donors (Lipinski definition) is 0. The fourth-order valence-electron chi connectivity index (χ4n) is 5.42. The fourth-order valence-corrected chi connectivity index (χ4v) is 5.42. The predicted molar refractivity (Wildman–Crippen MR) is 115 cm³/mol. The van der Waals surface area contributed by atoms with E-state index in [0.29, 0.717) is 0 Å². The van der Waals surface area contributed by atoms with Crippen molar-refractivity contribution in [3.05, 3.63) is 71.9 Å². The summed E-state index contributed by atoms with van der Waals surface area (Å²) in [5, 5.41) is 6.90. The van der Waals surface area contributed by atoms with Gasteiger partial charge >= 0.3 is 0 Å². The number of nitrogens with zero attached hydrogens (tertiary/aromatic N) is 2. The minimum atomic E-state index is 1.09. The minimum Gasteiger partial charge on any atom is -0.344 e. The molecule has 0 atom stereocenters. The molecule has 0 radical (unpaired) electrons. The van der Waals surface area contributed by atoms with Gasteiger partial charge in [-0.2, -0.15) is 0 Å². The molecule has 2 nitrogen and oxygen atoms in total. The summed E-state index contributed by atoms with van der Waals surface area (Å²) in [6, 6.07) is 20.3. The summed E-state index contributed by atoms with van der Waals surface area (Å²) in [5.74, 6) is 0. The summed E-state index contributed by atoms with van der Waals surface area (Å²) in [6.45, 7) is 0. The zero-order valence-electron chi connectivity index (χ0n) is 15.2. The van der Waals surface area contributed by atoms with E-state index >= 15 is 0 Å². The molecule has 3 heterocycles. The van der Waals surface area contributed by atoms with Crippen molar-refractivity contribution in [1.82, 2.24) is 8.97 Å². The van der Waals surface area contributed by atoms with Gasteiger partial charge in [-0.1, -0.05) is 48.6 Å². The Morgan fingerprint density at radius 2 is 1.56 bits per heavy atom. The zero-order chi connectivity index (χ0) is 17.7. The van der Waals surface area contributed by atoms with Gasteiger partial charge in [-0.05, 0) is 36.4 Å². The van der Waals surface area contributed by atoms with E-state index < -0.39 is 0 Å². The molecule has 0 saturated heterocycles. The van der Waals surface area contributed by atoms with Gasteiger partial charge in [-0.15, -0.1) is 0 Å². The molecule has 128 valence electrons. The van der Waals surface area contributed by atoms with E-state index in [1.165, 1.54) is 60.3 Å². The summed E-state index contributed by atoms with van der Waals surface area (Å²) in [4.78, 5) is 0. The van der Waals surface area contributed by atoms with Gasteiger partial charge in [0.2, 0.25) is 0 Å². The molecular weight excluding hydrogens is 328 g/mol. The van der Waals surface area contributed by atoms with Gasteiger partial charge in [-0.25, -0.2) is 0 Å². The Morgan fingerprint density at radius 3 is 2.52 bits per heavy atom. The summed E-state index contributed by atoms with van der Waals surface area (Å²) >= 11 is 0.